The Morgan fingerprint density at radius 2 is 1.66 bits per heavy atom. The molecule has 0 aromatic heterocycles. The Labute approximate surface area is 188 Å². The van der Waals surface area contributed by atoms with Crippen LogP contribution in [0.1, 0.15) is 63.0 Å². The molecule has 0 bridgehead atoms. The number of halogens is 2. The van der Waals surface area contributed by atoms with Crippen LogP contribution < -0.4 is 14.8 Å². The van der Waals surface area contributed by atoms with Gasteiger partial charge in [-0.25, -0.2) is 0 Å². The minimum absolute atomic E-state index is 0.409. The molecule has 1 N–H and O–H groups in total. The Balaban J connectivity index is 1.67. The summed E-state index contributed by atoms with van der Waals surface area (Å²) in [5.41, 5.74) is 2.16. The summed E-state index contributed by atoms with van der Waals surface area (Å²) in [7, 11) is 0. The zero-order valence-electron chi connectivity index (χ0n) is 17.2. The lowest BCUT2D eigenvalue weighted by atomic mass is 9.96. The summed E-state index contributed by atoms with van der Waals surface area (Å²) in [6.45, 7) is 3.83. The number of hydrogen-bond acceptors (Lipinski definition) is 3. The molecule has 0 radical (unpaired) electrons. The van der Waals surface area contributed by atoms with E-state index in [4.69, 9.17) is 21.1 Å². The molecule has 1 aliphatic carbocycles. The van der Waals surface area contributed by atoms with Crippen LogP contribution in [0.15, 0.2) is 40.9 Å². The second-order valence-corrected chi connectivity index (χ2v) is 8.89. The van der Waals surface area contributed by atoms with Gasteiger partial charge in [-0.1, -0.05) is 77.8 Å². The molecule has 0 amide bonds. The van der Waals surface area contributed by atoms with Crippen LogP contribution >= 0.6 is 27.5 Å². The van der Waals surface area contributed by atoms with Gasteiger partial charge in [-0.15, -0.1) is 0 Å². The molecular formula is C24H31BrClNO2. The lowest BCUT2D eigenvalue weighted by Gasteiger charge is -2.22. The van der Waals surface area contributed by atoms with Gasteiger partial charge in [-0.3, -0.25) is 0 Å². The van der Waals surface area contributed by atoms with Crippen LogP contribution in [0.4, 0.5) is 0 Å². The smallest absolute Gasteiger partial charge is 0.162 e. The van der Waals surface area contributed by atoms with Crippen molar-refractivity contribution in [3.63, 3.8) is 0 Å². The van der Waals surface area contributed by atoms with Crippen LogP contribution in [-0.4, -0.2) is 12.6 Å². The normalized spacial score (nSPS) is 15.6. The van der Waals surface area contributed by atoms with E-state index in [-0.39, 0.29) is 0 Å². The van der Waals surface area contributed by atoms with Gasteiger partial charge in [0.05, 0.1) is 6.61 Å². The summed E-state index contributed by atoms with van der Waals surface area (Å²) in [6, 6.07) is 12.5. The highest BCUT2D eigenvalue weighted by Gasteiger charge is 2.15. The first-order valence-electron chi connectivity index (χ1n) is 10.7. The fourth-order valence-corrected chi connectivity index (χ4v) is 4.43. The lowest BCUT2D eigenvalue weighted by molar-refractivity contribution is 0.268. The molecule has 158 valence electrons. The largest absolute Gasteiger partial charge is 0.490 e. The zero-order chi connectivity index (χ0) is 20.5. The van der Waals surface area contributed by atoms with Gasteiger partial charge in [0.25, 0.3) is 0 Å². The van der Waals surface area contributed by atoms with Crippen molar-refractivity contribution in [3.05, 3.63) is 57.0 Å². The Bertz CT molecular complexity index is 775. The van der Waals surface area contributed by atoms with E-state index in [2.05, 4.69) is 27.3 Å². The molecule has 0 aliphatic heterocycles. The van der Waals surface area contributed by atoms with Gasteiger partial charge < -0.3 is 14.8 Å². The maximum absolute atomic E-state index is 6.26. The third-order valence-corrected chi connectivity index (χ3v) is 6.55. The number of benzene rings is 2. The predicted octanol–water partition coefficient (Wildman–Crippen LogP) is 7.28. The van der Waals surface area contributed by atoms with Crippen LogP contribution in [0, 0.1) is 0 Å². The standard InChI is InChI=1S/C24H31BrClNO2/c1-2-28-23-14-19(16-27-20-11-6-4-3-5-7-12-20)21(25)15-24(23)29-17-18-10-8-9-13-22(18)26/h8-10,13-15,20,27H,2-7,11-12,16-17H2,1H3. The first-order valence-corrected chi connectivity index (χ1v) is 11.9. The Morgan fingerprint density at radius 1 is 0.966 bits per heavy atom. The Kier molecular flexibility index (Phi) is 9.16. The fraction of sp³-hybridized carbons (Fsp3) is 0.500. The number of ether oxygens (including phenoxy) is 2. The van der Waals surface area contributed by atoms with Crippen LogP contribution in [-0.2, 0) is 13.2 Å². The zero-order valence-corrected chi connectivity index (χ0v) is 19.5. The van der Waals surface area contributed by atoms with E-state index in [1.165, 1.54) is 50.5 Å². The van der Waals surface area contributed by atoms with Gasteiger partial charge in [-0.05, 0) is 43.5 Å². The first kappa shape index (κ1) is 22.5. The van der Waals surface area contributed by atoms with Crippen molar-refractivity contribution in [2.45, 2.75) is 71.1 Å². The van der Waals surface area contributed by atoms with Gasteiger partial charge in [0.2, 0.25) is 0 Å². The van der Waals surface area contributed by atoms with E-state index in [1.807, 2.05) is 37.3 Å². The van der Waals surface area contributed by atoms with E-state index in [1.54, 1.807) is 0 Å². The molecule has 2 aromatic carbocycles. The molecule has 1 fully saturated rings. The monoisotopic (exact) mass is 479 g/mol. The van der Waals surface area contributed by atoms with Crippen LogP contribution in [0.3, 0.4) is 0 Å². The molecule has 0 atom stereocenters. The highest BCUT2D eigenvalue weighted by atomic mass is 79.9. The molecule has 1 saturated carbocycles. The molecule has 2 aromatic rings. The maximum Gasteiger partial charge on any atom is 0.162 e. The molecule has 29 heavy (non-hydrogen) atoms. The van der Waals surface area contributed by atoms with Crippen molar-refractivity contribution in [2.24, 2.45) is 0 Å². The van der Waals surface area contributed by atoms with Crippen LogP contribution in [0.5, 0.6) is 11.5 Å². The number of hydrogen-bond donors (Lipinski definition) is 1. The van der Waals surface area contributed by atoms with Crippen molar-refractivity contribution in [1.29, 1.82) is 0 Å². The van der Waals surface area contributed by atoms with Crippen molar-refractivity contribution >= 4 is 27.5 Å². The van der Waals surface area contributed by atoms with E-state index in [9.17, 15) is 0 Å². The van der Waals surface area contributed by atoms with Gasteiger partial charge in [0.1, 0.15) is 6.61 Å². The summed E-state index contributed by atoms with van der Waals surface area (Å²) < 4.78 is 13.0. The SMILES string of the molecule is CCOc1cc(CNC2CCCCCCC2)c(Br)cc1OCc1ccccc1Cl. The van der Waals surface area contributed by atoms with Crippen molar-refractivity contribution in [2.75, 3.05) is 6.61 Å². The van der Waals surface area contributed by atoms with Crippen LogP contribution in [0.2, 0.25) is 5.02 Å². The van der Waals surface area contributed by atoms with Crippen molar-refractivity contribution in [1.82, 2.24) is 5.32 Å². The van der Waals surface area contributed by atoms with Crippen molar-refractivity contribution < 1.29 is 9.47 Å². The topological polar surface area (TPSA) is 30.5 Å². The van der Waals surface area contributed by atoms with Gasteiger partial charge in [0.15, 0.2) is 11.5 Å². The highest BCUT2D eigenvalue weighted by molar-refractivity contribution is 9.10. The van der Waals surface area contributed by atoms with Gasteiger partial charge in [0, 0.05) is 27.6 Å². The van der Waals surface area contributed by atoms with E-state index in [0.29, 0.717) is 24.3 Å². The average Bonchev–Trinajstić information content (AvgIpc) is 2.69. The lowest BCUT2D eigenvalue weighted by Crippen LogP contribution is -2.29. The molecule has 5 heteroatoms. The van der Waals surface area contributed by atoms with Gasteiger partial charge >= 0.3 is 0 Å². The Hall–Kier alpha value is -1.23. The summed E-state index contributed by atoms with van der Waals surface area (Å²) >= 11 is 9.98. The van der Waals surface area contributed by atoms with E-state index in [0.717, 1.165) is 28.1 Å². The quantitative estimate of drug-likeness (QED) is 0.430. The minimum atomic E-state index is 0.409. The third-order valence-electron chi connectivity index (χ3n) is 5.44. The molecule has 0 heterocycles. The third kappa shape index (κ3) is 6.91. The first-order chi connectivity index (χ1) is 14.2. The molecule has 0 saturated heterocycles. The van der Waals surface area contributed by atoms with Crippen LogP contribution in [0.25, 0.3) is 0 Å². The fourth-order valence-electron chi connectivity index (χ4n) is 3.78. The highest BCUT2D eigenvalue weighted by Crippen LogP contribution is 2.35. The summed E-state index contributed by atoms with van der Waals surface area (Å²) in [5.74, 6) is 1.51. The number of nitrogens with one attached hydrogen (secondary N) is 1. The molecular weight excluding hydrogens is 450 g/mol. The molecule has 0 unspecified atom stereocenters. The maximum atomic E-state index is 6.26. The van der Waals surface area contributed by atoms with Gasteiger partial charge in [-0.2, -0.15) is 0 Å². The number of rotatable bonds is 8. The van der Waals surface area contributed by atoms with E-state index < -0.39 is 0 Å². The average molecular weight is 481 g/mol. The summed E-state index contributed by atoms with van der Waals surface area (Å²) in [5, 5.41) is 4.47. The van der Waals surface area contributed by atoms with E-state index >= 15 is 0 Å². The second kappa shape index (κ2) is 11.8. The van der Waals surface area contributed by atoms with Crippen molar-refractivity contribution in [3.8, 4) is 11.5 Å². The Morgan fingerprint density at radius 3 is 2.38 bits per heavy atom. The second-order valence-electron chi connectivity index (χ2n) is 7.63. The summed E-state index contributed by atoms with van der Waals surface area (Å²) in [4.78, 5) is 0. The minimum Gasteiger partial charge on any atom is -0.490 e. The molecule has 3 rings (SSSR count). The molecule has 0 spiro atoms. The summed E-state index contributed by atoms with van der Waals surface area (Å²) in [6.07, 6.45) is 9.34. The molecule has 1 aliphatic rings. The predicted molar refractivity (Wildman–Crippen MR) is 124 cm³/mol. The molecule has 3 nitrogen and oxygen atoms in total.